The minimum atomic E-state index is -0.490. The topological polar surface area (TPSA) is 72.2 Å². The first-order valence-electron chi connectivity index (χ1n) is 3.74. The summed E-state index contributed by atoms with van der Waals surface area (Å²) in [5, 5.41) is 13.0. The minimum absolute atomic E-state index is 0.00170. The highest BCUT2D eigenvalue weighted by Crippen LogP contribution is 2.15. The lowest BCUT2D eigenvalue weighted by atomic mass is 10.3. The molecule has 0 fully saturated rings. The van der Waals surface area contributed by atoms with Crippen LogP contribution in [0.1, 0.15) is 0 Å². The summed E-state index contributed by atoms with van der Waals surface area (Å²) in [6.07, 6.45) is 0. The number of nitro groups is 1. The second-order valence-electron chi connectivity index (χ2n) is 2.49. The molecule has 0 saturated heterocycles. The van der Waals surface area contributed by atoms with E-state index in [-0.39, 0.29) is 16.9 Å². The van der Waals surface area contributed by atoms with Crippen molar-refractivity contribution in [1.29, 1.82) is 0 Å². The van der Waals surface area contributed by atoms with Crippen LogP contribution in [0.4, 0.5) is 11.4 Å². The molecular formula is C8H7BrN2O3. The fraction of sp³-hybridized carbons (Fsp3) is 0.125. The number of amides is 1. The van der Waals surface area contributed by atoms with Crippen LogP contribution in [0.2, 0.25) is 0 Å². The molecule has 5 nitrogen and oxygen atoms in total. The Morgan fingerprint density at radius 3 is 2.43 bits per heavy atom. The standard InChI is InChI=1S/C8H7BrN2O3/c9-5-8(12)10-6-1-3-7(4-2-6)11(13)14/h1-4H,5H2,(H,10,12). The number of rotatable bonds is 3. The van der Waals surface area contributed by atoms with Crippen LogP contribution in [0.15, 0.2) is 24.3 Å². The van der Waals surface area contributed by atoms with Crippen molar-refractivity contribution in [2.45, 2.75) is 0 Å². The lowest BCUT2D eigenvalue weighted by Gasteiger charge is -2.01. The smallest absolute Gasteiger partial charge is 0.269 e. The lowest BCUT2D eigenvalue weighted by Crippen LogP contribution is -2.11. The zero-order valence-electron chi connectivity index (χ0n) is 7.07. The molecule has 0 bridgehead atoms. The molecule has 1 amide bonds. The van der Waals surface area contributed by atoms with Gasteiger partial charge in [-0.05, 0) is 12.1 Å². The zero-order chi connectivity index (χ0) is 10.6. The van der Waals surface area contributed by atoms with Gasteiger partial charge >= 0.3 is 0 Å². The van der Waals surface area contributed by atoms with Gasteiger partial charge in [-0.1, -0.05) is 15.9 Å². The van der Waals surface area contributed by atoms with E-state index in [1.165, 1.54) is 24.3 Å². The van der Waals surface area contributed by atoms with Crippen LogP contribution < -0.4 is 5.32 Å². The highest BCUT2D eigenvalue weighted by molar-refractivity contribution is 9.09. The predicted molar refractivity (Wildman–Crippen MR) is 55.5 cm³/mol. The van der Waals surface area contributed by atoms with E-state index >= 15 is 0 Å². The molecule has 0 aliphatic heterocycles. The summed E-state index contributed by atoms with van der Waals surface area (Å²) < 4.78 is 0. The summed E-state index contributed by atoms with van der Waals surface area (Å²) in [5.74, 6) is -0.196. The van der Waals surface area contributed by atoms with E-state index in [0.717, 1.165) is 0 Å². The monoisotopic (exact) mass is 258 g/mol. The van der Waals surface area contributed by atoms with Gasteiger partial charge in [0.05, 0.1) is 10.3 Å². The number of halogens is 1. The zero-order valence-corrected chi connectivity index (χ0v) is 8.65. The number of nitro benzene ring substituents is 1. The van der Waals surface area contributed by atoms with Gasteiger partial charge in [0.1, 0.15) is 0 Å². The fourth-order valence-electron chi connectivity index (χ4n) is 0.861. The molecule has 0 spiro atoms. The van der Waals surface area contributed by atoms with Crippen LogP contribution >= 0.6 is 15.9 Å². The number of nitrogens with zero attached hydrogens (tertiary/aromatic N) is 1. The largest absolute Gasteiger partial charge is 0.325 e. The van der Waals surface area contributed by atoms with Crippen molar-refractivity contribution in [1.82, 2.24) is 0 Å². The Balaban J connectivity index is 2.73. The average Bonchev–Trinajstić information content (AvgIpc) is 2.18. The Labute approximate surface area is 88.4 Å². The third kappa shape index (κ3) is 2.81. The van der Waals surface area contributed by atoms with Gasteiger partial charge in [0.2, 0.25) is 5.91 Å². The van der Waals surface area contributed by atoms with E-state index in [0.29, 0.717) is 5.69 Å². The number of hydrogen-bond acceptors (Lipinski definition) is 3. The number of hydrogen-bond donors (Lipinski definition) is 1. The van der Waals surface area contributed by atoms with Crippen molar-refractivity contribution in [3.63, 3.8) is 0 Å². The van der Waals surface area contributed by atoms with Gasteiger partial charge in [-0.3, -0.25) is 14.9 Å². The summed E-state index contributed by atoms with van der Waals surface area (Å²) in [6, 6.07) is 5.64. The van der Waals surface area contributed by atoms with Crippen LogP contribution in [0.5, 0.6) is 0 Å². The first-order chi connectivity index (χ1) is 6.63. The molecule has 6 heteroatoms. The van der Waals surface area contributed by atoms with Crippen molar-refractivity contribution in [2.24, 2.45) is 0 Å². The number of carbonyl (C=O) groups excluding carboxylic acids is 1. The molecule has 1 N–H and O–H groups in total. The molecule has 14 heavy (non-hydrogen) atoms. The Bertz CT molecular complexity index is 350. The summed E-state index contributed by atoms with van der Waals surface area (Å²) in [7, 11) is 0. The van der Waals surface area contributed by atoms with Gasteiger partial charge < -0.3 is 5.32 Å². The molecule has 0 aliphatic rings. The van der Waals surface area contributed by atoms with Gasteiger partial charge in [0.15, 0.2) is 0 Å². The maximum absolute atomic E-state index is 10.9. The number of nitrogens with one attached hydrogen (secondary N) is 1. The maximum Gasteiger partial charge on any atom is 0.269 e. The van der Waals surface area contributed by atoms with Gasteiger partial charge in [-0.25, -0.2) is 0 Å². The molecule has 0 saturated carbocycles. The molecule has 0 aliphatic carbocycles. The third-order valence-corrected chi connectivity index (χ3v) is 1.99. The van der Waals surface area contributed by atoms with Crippen LogP contribution in [0.25, 0.3) is 0 Å². The first kappa shape index (κ1) is 10.6. The normalized spacial score (nSPS) is 9.50. The highest BCUT2D eigenvalue weighted by Gasteiger charge is 2.04. The molecule has 1 aromatic rings. The van der Waals surface area contributed by atoms with E-state index in [4.69, 9.17) is 0 Å². The Kier molecular flexibility index (Phi) is 3.58. The van der Waals surface area contributed by atoms with Gasteiger partial charge in [0, 0.05) is 17.8 Å². The maximum atomic E-state index is 10.9. The number of benzene rings is 1. The predicted octanol–water partition coefficient (Wildman–Crippen LogP) is 1.93. The molecule has 0 unspecified atom stereocenters. The molecule has 1 rings (SSSR count). The molecule has 74 valence electrons. The Morgan fingerprint density at radius 2 is 2.00 bits per heavy atom. The van der Waals surface area contributed by atoms with Crippen molar-refractivity contribution < 1.29 is 9.72 Å². The molecule has 0 aromatic heterocycles. The summed E-state index contributed by atoms with van der Waals surface area (Å²) >= 11 is 2.99. The van der Waals surface area contributed by atoms with Crippen LogP contribution in [0, 0.1) is 10.1 Å². The van der Waals surface area contributed by atoms with Crippen LogP contribution in [0.3, 0.4) is 0 Å². The van der Waals surface area contributed by atoms with Gasteiger partial charge in [0.25, 0.3) is 5.69 Å². The lowest BCUT2D eigenvalue weighted by molar-refractivity contribution is -0.384. The SMILES string of the molecule is O=C(CBr)Nc1ccc([N+](=O)[O-])cc1. The van der Waals surface area contributed by atoms with Crippen LogP contribution in [-0.4, -0.2) is 16.2 Å². The van der Waals surface area contributed by atoms with E-state index in [2.05, 4.69) is 21.2 Å². The van der Waals surface area contributed by atoms with Crippen molar-refractivity contribution in [2.75, 3.05) is 10.6 Å². The number of alkyl halides is 1. The third-order valence-electron chi connectivity index (χ3n) is 1.48. The van der Waals surface area contributed by atoms with E-state index in [1.807, 2.05) is 0 Å². The number of non-ortho nitro benzene ring substituents is 1. The first-order valence-corrected chi connectivity index (χ1v) is 4.86. The van der Waals surface area contributed by atoms with Crippen molar-refractivity contribution in [3.8, 4) is 0 Å². The highest BCUT2D eigenvalue weighted by atomic mass is 79.9. The molecular weight excluding hydrogens is 252 g/mol. The molecule has 0 atom stereocenters. The molecule has 0 radical (unpaired) electrons. The Hall–Kier alpha value is -1.43. The second-order valence-corrected chi connectivity index (χ2v) is 3.05. The van der Waals surface area contributed by atoms with Gasteiger partial charge in [-0.2, -0.15) is 0 Å². The quantitative estimate of drug-likeness (QED) is 0.512. The summed E-state index contributed by atoms with van der Waals surface area (Å²) in [4.78, 5) is 20.7. The van der Waals surface area contributed by atoms with Gasteiger partial charge in [-0.15, -0.1) is 0 Å². The summed E-state index contributed by atoms with van der Waals surface area (Å²) in [6.45, 7) is 0. The minimum Gasteiger partial charge on any atom is -0.325 e. The fourth-order valence-corrected chi connectivity index (χ4v) is 1.00. The van der Waals surface area contributed by atoms with Crippen molar-refractivity contribution in [3.05, 3.63) is 34.4 Å². The molecule has 0 heterocycles. The average molecular weight is 259 g/mol. The van der Waals surface area contributed by atoms with E-state index in [9.17, 15) is 14.9 Å². The second kappa shape index (κ2) is 4.71. The number of carbonyl (C=O) groups is 1. The Morgan fingerprint density at radius 1 is 1.43 bits per heavy atom. The van der Waals surface area contributed by atoms with Crippen molar-refractivity contribution >= 4 is 33.2 Å². The van der Waals surface area contributed by atoms with Crippen LogP contribution in [-0.2, 0) is 4.79 Å². The molecule has 1 aromatic carbocycles. The van der Waals surface area contributed by atoms with E-state index < -0.39 is 4.92 Å². The van der Waals surface area contributed by atoms with E-state index in [1.54, 1.807) is 0 Å². The number of anilines is 1. The summed E-state index contributed by atoms with van der Waals surface area (Å²) in [5.41, 5.74) is 0.543.